The number of carbonyl (C=O) groups excluding carboxylic acids is 1. The van der Waals surface area contributed by atoms with E-state index < -0.39 is 0 Å². The number of hydrogen-bond donors (Lipinski definition) is 2. The zero-order chi connectivity index (χ0) is 12.6. The molecule has 0 saturated carbocycles. The van der Waals surface area contributed by atoms with Crippen molar-refractivity contribution in [1.29, 1.82) is 0 Å². The van der Waals surface area contributed by atoms with Crippen LogP contribution in [0.15, 0.2) is 30.3 Å². The molecule has 2 rings (SSSR count). The molecular formula is C14H20N2O2. The Morgan fingerprint density at radius 2 is 2.22 bits per heavy atom. The first-order valence-electron chi connectivity index (χ1n) is 6.50. The number of carbonyl (C=O) groups is 1. The van der Waals surface area contributed by atoms with Crippen LogP contribution in [-0.4, -0.2) is 25.8 Å². The van der Waals surface area contributed by atoms with Crippen LogP contribution in [0.5, 0.6) is 0 Å². The van der Waals surface area contributed by atoms with Gasteiger partial charge in [0.05, 0.1) is 6.61 Å². The fourth-order valence-corrected chi connectivity index (χ4v) is 2.08. The minimum atomic E-state index is -0.329. The summed E-state index contributed by atoms with van der Waals surface area (Å²) in [7, 11) is 0. The molecule has 2 N–H and O–H groups in total. The van der Waals surface area contributed by atoms with Gasteiger partial charge in [0.15, 0.2) is 0 Å². The number of amides is 1. The molecule has 1 aromatic carbocycles. The summed E-state index contributed by atoms with van der Waals surface area (Å²) in [4.78, 5) is 11.5. The van der Waals surface area contributed by atoms with Crippen LogP contribution in [0.3, 0.4) is 0 Å². The van der Waals surface area contributed by atoms with E-state index in [4.69, 9.17) is 4.74 Å². The van der Waals surface area contributed by atoms with Gasteiger partial charge in [-0.2, -0.15) is 0 Å². The Labute approximate surface area is 108 Å². The van der Waals surface area contributed by atoms with Crippen molar-refractivity contribution in [3.05, 3.63) is 35.9 Å². The first-order valence-corrected chi connectivity index (χ1v) is 6.50. The maximum Gasteiger partial charge on any atom is 0.407 e. The number of nitrogens with one attached hydrogen (secondary N) is 2. The van der Waals surface area contributed by atoms with Crippen LogP contribution in [0.25, 0.3) is 0 Å². The number of hydrogen-bond acceptors (Lipinski definition) is 3. The van der Waals surface area contributed by atoms with Gasteiger partial charge in [0, 0.05) is 19.0 Å². The summed E-state index contributed by atoms with van der Waals surface area (Å²) in [6.45, 7) is 3.05. The van der Waals surface area contributed by atoms with E-state index in [-0.39, 0.29) is 6.09 Å². The summed E-state index contributed by atoms with van der Waals surface area (Å²) in [5.74, 6) is 0.459. The SMILES string of the molecule is O=C(NCc1ccccc1)OC[C@@H]1CCCNC1. The Hall–Kier alpha value is -1.55. The van der Waals surface area contributed by atoms with Crippen molar-refractivity contribution in [2.45, 2.75) is 19.4 Å². The largest absolute Gasteiger partial charge is 0.449 e. The van der Waals surface area contributed by atoms with E-state index in [0.29, 0.717) is 19.1 Å². The summed E-state index contributed by atoms with van der Waals surface area (Å²) >= 11 is 0. The maximum atomic E-state index is 11.5. The molecule has 4 nitrogen and oxygen atoms in total. The van der Waals surface area contributed by atoms with Gasteiger partial charge in [-0.05, 0) is 24.9 Å². The molecular weight excluding hydrogens is 228 g/mol. The third-order valence-corrected chi connectivity index (χ3v) is 3.13. The molecule has 1 heterocycles. The van der Waals surface area contributed by atoms with Crippen LogP contribution in [0.2, 0.25) is 0 Å². The Balaban J connectivity index is 1.63. The smallest absolute Gasteiger partial charge is 0.407 e. The highest BCUT2D eigenvalue weighted by atomic mass is 16.5. The molecule has 1 saturated heterocycles. The van der Waals surface area contributed by atoms with E-state index in [1.165, 1.54) is 6.42 Å². The van der Waals surface area contributed by atoms with Gasteiger partial charge < -0.3 is 15.4 Å². The molecule has 1 aromatic rings. The quantitative estimate of drug-likeness (QED) is 0.855. The van der Waals surface area contributed by atoms with Gasteiger partial charge in [-0.25, -0.2) is 4.79 Å². The number of alkyl carbamates (subject to hydrolysis) is 1. The Morgan fingerprint density at radius 1 is 1.39 bits per heavy atom. The lowest BCUT2D eigenvalue weighted by molar-refractivity contribution is 0.119. The van der Waals surface area contributed by atoms with Crippen molar-refractivity contribution in [2.75, 3.05) is 19.7 Å². The van der Waals surface area contributed by atoms with E-state index >= 15 is 0 Å². The van der Waals surface area contributed by atoms with Gasteiger partial charge in [-0.1, -0.05) is 30.3 Å². The summed E-state index contributed by atoms with van der Waals surface area (Å²) in [5, 5.41) is 6.06. The molecule has 1 amide bonds. The molecule has 1 fully saturated rings. The minimum Gasteiger partial charge on any atom is -0.449 e. The number of rotatable bonds is 4. The highest BCUT2D eigenvalue weighted by molar-refractivity contribution is 5.67. The van der Waals surface area contributed by atoms with Gasteiger partial charge in [0.1, 0.15) is 0 Å². The highest BCUT2D eigenvalue weighted by Crippen LogP contribution is 2.09. The lowest BCUT2D eigenvalue weighted by atomic mass is 10.0. The summed E-state index contributed by atoms with van der Waals surface area (Å²) in [6.07, 6.45) is 1.97. The van der Waals surface area contributed by atoms with Crippen molar-refractivity contribution >= 4 is 6.09 Å². The first-order chi connectivity index (χ1) is 8.84. The lowest BCUT2D eigenvalue weighted by Gasteiger charge is -2.22. The minimum absolute atomic E-state index is 0.329. The highest BCUT2D eigenvalue weighted by Gasteiger charge is 2.14. The predicted octanol–water partition coefficient (Wildman–Crippen LogP) is 1.91. The lowest BCUT2D eigenvalue weighted by Crippen LogP contribution is -2.34. The van der Waals surface area contributed by atoms with Gasteiger partial charge in [0.2, 0.25) is 0 Å². The number of ether oxygens (including phenoxy) is 1. The Kier molecular flexibility index (Phi) is 5.02. The van der Waals surface area contributed by atoms with Crippen LogP contribution >= 0.6 is 0 Å². The molecule has 18 heavy (non-hydrogen) atoms. The van der Waals surface area contributed by atoms with Crippen LogP contribution in [0.4, 0.5) is 4.79 Å². The van der Waals surface area contributed by atoms with Gasteiger partial charge in [0.25, 0.3) is 0 Å². The fraction of sp³-hybridized carbons (Fsp3) is 0.500. The topological polar surface area (TPSA) is 50.4 Å². The molecule has 1 aliphatic heterocycles. The van der Waals surface area contributed by atoms with Crippen molar-refractivity contribution in [1.82, 2.24) is 10.6 Å². The van der Waals surface area contributed by atoms with E-state index in [1.807, 2.05) is 30.3 Å². The molecule has 98 valence electrons. The van der Waals surface area contributed by atoms with E-state index in [0.717, 1.165) is 25.1 Å². The molecule has 4 heteroatoms. The van der Waals surface area contributed by atoms with E-state index in [9.17, 15) is 4.79 Å². The van der Waals surface area contributed by atoms with Crippen LogP contribution in [-0.2, 0) is 11.3 Å². The Morgan fingerprint density at radius 3 is 2.94 bits per heavy atom. The molecule has 0 unspecified atom stereocenters. The molecule has 1 aliphatic rings. The van der Waals surface area contributed by atoms with Gasteiger partial charge >= 0.3 is 6.09 Å². The normalized spacial score (nSPS) is 19.2. The van der Waals surface area contributed by atoms with Gasteiger partial charge in [-0.3, -0.25) is 0 Å². The second-order valence-corrected chi connectivity index (χ2v) is 4.65. The fourth-order valence-electron chi connectivity index (χ4n) is 2.08. The average Bonchev–Trinajstić information content (AvgIpc) is 2.45. The van der Waals surface area contributed by atoms with Crippen LogP contribution < -0.4 is 10.6 Å². The zero-order valence-corrected chi connectivity index (χ0v) is 10.5. The molecule has 0 radical (unpaired) electrons. The molecule has 0 aromatic heterocycles. The number of piperidine rings is 1. The second kappa shape index (κ2) is 7.01. The monoisotopic (exact) mass is 248 g/mol. The van der Waals surface area contributed by atoms with Crippen molar-refractivity contribution in [2.24, 2.45) is 5.92 Å². The summed E-state index contributed by atoms with van der Waals surface area (Å²) in [6, 6.07) is 9.82. The Bertz CT molecular complexity index is 361. The van der Waals surface area contributed by atoms with Crippen LogP contribution in [0, 0.1) is 5.92 Å². The van der Waals surface area contributed by atoms with E-state index in [2.05, 4.69) is 10.6 Å². The third kappa shape index (κ3) is 4.37. The second-order valence-electron chi connectivity index (χ2n) is 4.65. The van der Waals surface area contributed by atoms with Crippen molar-refractivity contribution in [3.63, 3.8) is 0 Å². The zero-order valence-electron chi connectivity index (χ0n) is 10.5. The maximum absolute atomic E-state index is 11.5. The predicted molar refractivity (Wildman–Crippen MR) is 70.2 cm³/mol. The summed E-state index contributed by atoms with van der Waals surface area (Å²) in [5.41, 5.74) is 1.08. The first kappa shape index (κ1) is 12.9. The molecule has 1 atom stereocenters. The van der Waals surface area contributed by atoms with Crippen molar-refractivity contribution < 1.29 is 9.53 Å². The third-order valence-electron chi connectivity index (χ3n) is 3.13. The van der Waals surface area contributed by atoms with Crippen molar-refractivity contribution in [3.8, 4) is 0 Å². The molecule has 0 bridgehead atoms. The molecule has 0 spiro atoms. The van der Waals surface area contributed by atoms with E-state index in [1.54, 1.807) is 0 Å². The van der Waals surface area contributed by atoms with Gasteiger partial charge in [-0.15, -0.1) is 0 Å². The van der Waals surface area contributed by atoms with Crippen LogP contribution in [0.1, 0.15) is 18.4 Å². The summed E-state index contributed by atoms with van der Waals surface area (Å²) < 4.78 is 5.21. The number of benzene rings is 1. The molecule has 0 aliphatic carbocycles. The average molecular weight is 248 g/mol. The standard InChI is InChI=1S/C14H20N2O2/c17-14(16-10-12-5-2-1-3-6-12)18-11-13-7-4-8-15-9-13/h1-3,5-6,13,15H,4,7-11H2,(H,16,17)/t13-/m1/s1.